The first-order chi connectivity index (χ1) is 16.0. The van der Waals surface area contributed by atoms with Crippen molar-refractivity contribution < 1.29 is 28.6 Å². The average molecular weight is 475 g/mol. The Hall–Kier alpha value is -1.82. The number of esters is 1. The largest absolute Gasteiger partial charge is 0.458 e. The van der Waals surface area contributed by atoms with E-state index in [1.807, 2.05) is 6.92 Å². The van der Waals surface area contributed by atoms with Crippen molar-refractivity contribution in [3.63, 3.8) is 0 Å². The highest BCUT2D eigenvalue weighted by Gasteiger charge is 2.65. The lowest BCUT2D eigenvalue weighted by molar-refractivity contribution is -0.155. The Balaban J connectivity index is 1.54. The van der Waals surface area contributed by atoms with Crippen LogP contribution in [0.4, 0.5) is 4.39 Å². The number of carbonyl (C=O) groups is 3. The van der Waals surface area contributed by atoms with E-state index >= 15 is 4.39 Å². The van der Waals surface area contributed by atoms with Crippen LogP contribution in [-0.4, -0.2) is 41.5 Å². The Morgan fingerprint density at radius 3 is 2.68 bits per heavy atom. The third-order valence-corrected chi connectivity index (χ3v) is 9.52. The molecular formula is C28H39FO5. The van der Waals surface area contributed by atoms with Gasteiger partial charge in [0.25, 0.3) is 0 Å². The minimum absolute atomic E-state index is 0.0681. The Kier molecular flexibility index (Phi) is 6.93. The third-order valence-electron chi connectivity index (χ3n) is 9.52. The number of unbranched alkanes of at least 4 members (excludes halogenated alkanes) is 2. The van der Waals surface area contributed by atoms with E-state index in [9.17, 15) is 19.5 Å². The molecule has 0 aromatic rings. The molecule has 4 aliphatic carbocycles. The molecule has 3 fully saturated rings. The van der Waals surface area contributed by atoms with Gasteiger partial charge in [-0.2, -0.15) is 0 Å². The van der Waals surface area contributed by atoms with Gasteiger partial charge >= 0.3 is 5.97 Å². The molecule has 34 heavy (non-hydrogen) atoms. The number of carbonyl (C=O) groups excluding carboxylic acids is 3. The summed E-state index contributed by atoms with van der Waals surface area (Å²) in [5.41, 5.74) is -0.689. The van der Waals surface area contributed by atoms with Gasteiger partial charge in [0.1, 0.15) is 12.8 Å². The van der Waals surface area contributed by atoms with Crippen molar-refractivity contribution in [1.82, 2.24) is 0 Å². The summed E-state index contributed by atoms with van der Waals surface area (Å²) in [4.78, 5) is 37.3. The Bertz CT molecular complexity index is 908. The van der Waals surface area contributed by atoms with Crippen molar-refractivity contribution in [2.75, 3.05) is 6.61 Å². The van der Waals surface area contributed by atoms with E-state index in [-0.39, 0.29) is 60.2 Å². The molecule has 4 rings (SSSR count). The molecular weight excluding hydrogens is 435 g/mol. The summed E-state index contributed by atoms with van der Waals surface area (Å²) in [6.07, 6.45) is 7.33. The van der Waals surface area contributed by atoms with E-state index in [0.29, 0.717) is 18.4 Å². The summed E-state index contributed by atoms with van der Waals surface area (Å²) >= 11 is 0. The molecule has 0 unspecified atom stereocenters. The van der Waals surface area contributed by atoms with Crippen molar-refractivity contribution >= 4 is 17.5 Å². The highest BCUT2D eigenvalue weighted by molar-refractivity contribution is 6.01. The van der Waals surface area contributed by atoms with Crippen molar-refractivity contribution in [2.24, 2.45) is 40.4 Å². The highest BCUT2D eigenvalue weighted by atomic mass is 19.1. The van der Waals surface area contributed by atoms with Crippen LogP contribution in [0.5, 0.6) is 0 Å². The van der Waals surface area contributed by atoms with E-state index < -0.39 is 23.1 Å². The standard InChI is InChI=1S/C28H39FO5/c1-5-6-7-8-24(33)34-15-23(32)25-16(2)11-19-18-13-21(29)20-12-17(30)9-10-27(20,3)26(18)22(31)14-28(19,25)4/h9-10,12,16,18-19,21-22,25-26,31H,5-8,11,13-15H2,1-4H3/t16-,18+,19-,21+,22-,25-,26-,27+,28+/m1/s1. The zero-order valence-electron chi connectivity index (χ0n) is 20.9. The lowest BCUT2D eigenvalue weighted by Crippen LogP contribution is -2.58. The van der Waals surface area contributed by atoms with Gasteiger partial charge in [0.2, 0.25) is 0 Å². The molecule has 0 aliphatic heterocycles. The summed E-state index contributed by atoms with van der Waals surface area (Å²) in [7, 11) is 0. The van der Waals surface area contributed by atoms with Crippen LogP contribution < -0.4 is 0 Å². The molecule has 0 aromatic carbocycles. The zero-order chi connectivity index (χ0) is 24.8. The van der Waals surface area contributed by atoms with E-state index in [1.165, 1.54) is 12.2 Å². The molecule has 0 spiro atoms. The number of hydrogen-bond donors (Lipinski definition) is 1. The van der Waals surface area contributed by atoms with Crippen LogP contribution in [0.1, 0.15) is 72.6 Å². The molecule has 1 N–H and O–H groups in total. The molecule has 6 heteroatoms. The number of alkyl halides is 1. The monoisotopic (exact) mass is 474 g/mol. The van der Waals surface area contributed by atoms with Crippen LogP contribution in [0.2, 0.25) is 0 Å². The van der Waals surface area contributed by atoms with Crippen LogP contribution in [0.3, 0.4) is 0 Å². The number of rotatable bonds is 7. The molecule has 0 aromatic heterocycles. The molecule has 0 radical (unpaired) electrons. The van der Waals surface area contributed by atoms with Crippen molar-refractivity contribution in [1.29, 1.82) is 0 Å². The van der Waals surface area contributed by atoms with Crippen molar-refractivity contribution in [3.05, 3.63) is 23.8 Å². The van der Waals surface area contributed by atoms with Gasteiger partial charge in [0.05, 0.1) is 6.10 Å². The molecule has 0 saturated heterocycles. The fourth-order valence-electron chi connectivity index (χ4n) is 8.22. The van der Waals surface area contributed by atoms with Gasteiger partial charge in [-0.15, -0.1) is 0 Å². The summed E-state index contributed by atoms with van der Waals surface area (Å²) in [5.74, 6) is -1.07. The van der Waals surface area contributed by atoms with Crippen LogP contribution in [0, 0.1) is 40.4 Å². The molecule has 188 valence electrons. The fraction of sp³-hybridized carbons (Fsp3) is 0.750. The first-order valence-electron chi connectivity index (χ1n) is 13.0. The normalized spacial score (nSPS) is 42.9. The minimum atomic E-state index is -1.23. The van der Waals surface area contributed by atoms with E-state index in [1.54, 1.807) is 6.08 Å². The van der Waals surface area contributed by atoms with Gasteiger partial charge in [-0.25, -0.2) is 4.39 Å². The Morgan fingerprint density at radius 1 is 1.24 bits per heavy atom. The first kappa shape index (κ1) is 25.3. The number of aliphatic hydroxyl groups is 1. The predicted octanol–water partition coefficient (Wildman–Crippen LogP) is 4.77. The molecule has 4 aliphatic rings. The van der Waals surface area contributed by atoms with Gasteiger partial charge in [0.15, 0.2) is 11.6 Å². The molecule has 0 amide bonds. The Labute approximate surface area is 202 Å². The predicted molar refractivity (Wildman–Crippen MR) is 126 cm³/mol. The lowest BCUT2D eigenvalue weighted by atomic mass is 9.46. The van der Waals surface area contributed by atoms with Gasteiger partial charge in [-0.05, 0) is 66.6 Å². The van der Waals surface area contributed by atoms with E-state index in [0.717, 1.165) is 25.7 Å². The van der Waals surface area contributed by atoms with Crippen LogP contribution in [0.15, 0.2) is 23.8 Å². The quantitative estimate of drug-likeness (QED) is 0.425. The van der Waals surface area contributed by atoms with Crippen LogP contribution >= 0.6 is 0 Å². The number of hydrogen-bond acceptors (Lipinski definition) is 5. The van der Waals surface area contributed by atoms with E-state index in [2.05, 4.69) is 20.8 Å². The molecule has 3 saturated carbocycles. The smallest absolute Gasteiger partial charge is 0.306 e. The number of Topliss-reactive ketones (excluding diaryl/α,β-unsaturated/α-hetero) is 1. The number of fused-ring (bicyclic) bond motifs is 5. The Morgan fingerprint density at radius 2 is 1.97 bits per heavy atom. The number of ketones is 2. The number of allylic oxidation sites excluding steroid dienone is 4. The maximum atomic E-state index is 15.4. The molecule has 0 heterocycles. The first-order valence-corrected chi connectivity index (χ1v) is 13.0. The number of halogens is 1. The number of aliphatic hydroxyl groups excluding tert-OH is 1. The maximum Gasteiger partial charge on any atom is 0.306 e. The SMILES string of the molecule is CCCCCC(=O)OCC(=O)[C@H]1[C@H](C)C[C@@H]2[C@@H]3C[C@H](F)C4=CC(=O)C=C[C@]4(C)[C@H]3[C@H](O)C[C@@]21C. The zero-order valence-corrected chi connectivity index (χ0v) is 20.9. The summed E-state index contributed by atoms with van der Waals surface area (Å²) in [5, 5.41) is 11.4. The minimum Gasteiger partial charge on any atom is -0.458 e. The summed E-state index contributed by atoms with van der Waals surface area (Å²) in [6.45, 7) is 7.89. The second-order valence-electron chi connectivity index (χ2n) is 11.7. The van der Waals surface area contributed by atoms with E-state index in [4.69, 9.17) is 4.74 Å². The molecule has 0 bridgehead atoms. The topological polar surface area (TPSA) is 80.7 Å². The molecule has 5 nitrogen and oxygen atoms in total. The fourth-order valence-corrected chi connectivity index (χ4v) is 8.22. The lowest BCUT2D eigenvalue weighted by Gasteiger charge is -2.59. The second kappa shape index (κ2) is 9.33. The maximum absolute atomic E-state index is 15.4. The average Bonchev–Trinajstić information content (AvgIpc) is 3.03. The second-order valence-corrected chi connectivity index (χ2v) is 11.7. The number of ether oxygens (including phenoxy) is 1. The summed E-state index contributed by atoms with van der Waals surface area (Å²) in [6, 6.07) is 0. The summed E-state index contributed by atoms with van der Waals surface area (Å²) < 4.78 is 20.8. The van der Waals surface area contributed by atoms with Gasteiger partial charge in [-0.3, -0.25) is 14.4 Å². The van der Waals surface area contributed by atoms with Gasteiger partial charge < -0.3 is 9.84 Å². The highest BCUT2D eigenvalue weighted by Crippen LogP contribution is 2.67. The van der Waals surface area contributed by atoms with Gasteiger partial charge in [-0.1, -0.05) is 46.6 Å². The van der Waals surface area contributed by atoms with Crippen molar-refractivity contribution in [2.45, 2.75) is 84.9 Å². The van der Waals surface area contributed by atoms with Crippen LogP contribution in [0.25, 0.3) is 0 Å². The van der Waals surface area contributed by atoms with Gasteiger partial charge in [0, 0.05) is 23.7 Å². The molecule has 9 atom stereocenters. The van der Waals surface area contributed by atoms with Crippen molar-refractivity contribution in [3.8, 4) is 0 Å². The third kappa shape index (κ3) is 4.10. The van der Waals surface area contributed by atoms with Crippen LogP contribution in [-0.2, 0) is 19.1 Å².